The summed E-state index contributed by atoms with van der Waals surface area (Å²) in [5, 5.41) is 9.03. The van der Waals surface area contributed by atoms with Gasteiger partial charge in [-0.05, 0) is 0 Å². The molecule has 9 heavy (non-hydrogen) atoms. The summed E-state index contributed by atoms with van der Waals surface area (Å²) < 4.78 is 9.69. The number of nitrogens with two attached hydrogens (primary N) is 1. The molecule has 1 aliphatic heterocycles. The van der Waals surface area contributed by atoms with Crippen molar-refractivity contribution in [3.05, 3.63) is 0 Å². The lowest BCUT2D eigenvalue weighted by molar-refractivity contribution is -0.0421. The van der Waals surface area contributed by atoms with E-state index in [-0.39, 0.29) is 19.4 Å². The molecule has 54 valence electrons. The Bertz CT molecular complexity index is 78.3. The largest absolute Gasteiger partial charge is 0.389 e. The van der Waals surface area contributed by atoms with Crippen molar-refractivity contribution in [3.63, 3.8) is 0 Å². The van der Waals surface area contributed by atoms with E-state index in [0.717, 1.165) is 0 Å². The third-order valence-electron chi connectivity index (χ3n) is 1.26. The van der Waals surface area contributed by atoms with E-state index in [1.807, 2.05) is 0 Å². The van der Waals surface area contributed by atoms with E-state index < -0.39 is 6.10 Å². The minimum atomic E-state index is -0.576. The first-order valence-electron chi connectivity index (χ1n) is 2.90. The van der Waals surface area contributed by atoms with Gasteiger partial charge in [0.05, 0.1) is 25.4 Å². The quantitative estimate of drug-likeness (QED) is 0.430. The molecule has 0 unspecified atom stereocenters. The van der Waals surface area contributed by atoms with Crippen LogP contribution >= 0.6 is 0 Å². The molecule has 1 fully saturated rings. The first-order valence-corrected chi connectivity index (χ1v) is 2.90. The number of ether oxygens (including phenoxy) is 2. The van der Waals surface area contributed by atoms with Gasteiger partial charge in [-0.3, -0.25) is 0 Å². The van der Waals surface area contributed by atoms with Crippen LogP contribution in [0.25, 0.3) is 0 Å². The Labute approximate surface area is 53.6 Å². The Hall–Kier alpha value is -0.160. The maximum Gasteiger partial charge on any atom is 0.146 e. The van der Waals surface area contributed by atoms with Crippen LogP contribution in [0.3, 0.4) is 0 Å². The highest BCUT2D eigenvalue weighted by Gasteiger charge is 2.17. The van der Waals surface area contributed by atoms with Gasteiger partial charge in [-0.1, -0.05) is 0 Å². The second kappa shape index (κ2) is 3.12. The zero-order valence-electron chi connectivity index (χ0n) is 5.12. The lowest BCUT2D eigenvalue weighted by Crippen LogP contribution is -2.39. The number of hydrogen-bond acceptors (Lipinski definition) is 4. The third kappa shape index (κ3) is 1.91. The van der Waals surface area contributed by atoms with Crippen LogP contribution in [0.4, 0.5) is 0 Å². The van der Waals surface area contributed by atoms with Gasteiger partial charge >= 0.3 is 0 Å². The van der Waals surface area contributed by atoms with E-state index in [0.29, 0.717) is 6.61 Å². The molecule has 3 N–H and O–H groups in total. The second-order valence-corrected chi connectivity index (χ2v) is 2.09. The van der Waals surface area contributed by atoms with Crippen molar-refractivity contribution in [3.8, 4) is 0 Å². The first kappa shape index (κ1) is 6.95. The van der Waals surface area contributed by atoms with Gasteiger partial charge in [-0.25, -0.2) is 0 Å². The lowest BCUT2D eigenvalue weighted by Gasteiger charge is -2.11. The molecular weight excluding hydrogens is 122 g/mol. The molecular formula is C5H11NO3. The van der Waals surface area contributed by atoms with Crippen molar-refractivity contribution >= 4 is 0 Å². The van der Waals surface area contributed by atoms with E-state index in [4.69, 9.17) is 20.3 Å². The SMILES string of the molecule is N[C@@H]1COCOC[C@@H]1O. The molecule has 0 saturated carbocycles. The zero-order chi connectivity index (χ0) is 6.69. The summed E-state index contributed by atoms with van der Waals surface area (Å²) in [4.78, 5) is 0. The van der Waals surface area contributed by atoms with E-state index in [1.54, 1.807) is 0 Å². The summed E-state index contributed by atoms with van der Waals surface area (Å²) in [5.74, 6) is 0. The average Bonchev–Trinajstić information content (AvgIpc) is 1.99. The summed E-state index contributed by atoms with van der Waals surface area (Å²) >= 11 is 0. The van der Waals surface area contributed by atoms with Crippen LogP contribution in [-0.2, 0) is 9.47 Å². The highest BCUT2D eigenvalue weighted by atomic mass is 16.7. The molecule has 0 aromatic rings. The predicted octanol–water partition coefficient (Wildman–Crippen LogP) is -1.32. The third-order valence-corrected chi connectivity index (χ3v) is 1.26. The van der Waals surface area contributed by atoms with Gasteiger partial charge in [0.25, 0.3) is 0 Å². The van der Waals surface area contributed by atoms with Crippen molar-refractivity contribution in [2.45, 2.75) is 12.1 Å². The van der Waals surface area contributed by atoms with Crippen molar-refractivity contribution in [2.24, 2.45) is 5.73 Å². The maximum atomic E-state index is 9.03. The Balaban J connectivity index is 2.32. The summed E-state index contributed by atoms with van der Waals surface area (Å²) in [5.41, 5.74) is 5.42. The van der Waals surface area contributed by atoms with Crippen LogP contribution in [0.15, 0.2) is 0 Å². The molecule has 4 nitrogen and oxygen atoms in total. The Morgan fingerprint density at radius 2 is 2.00 bits per heavy atom. The first-order chi connectivity index (χ1) is 4.30. The molecule has 0 amide bonds. The van der Waals surface area contributed by atoms with Gasteiger partial charge in [0.15, 0.2) is 0 Å². The zero-order valence-corrected chi connectivity index (χ0v) is 5.12. The van der Waals surface area contributed by atoms with E-state index in [2.05, 4.69) is 0 Å². The molecule has 4 heteroatoms. The van der Waals surface area contributed by atoms with Gasteiger partial charge in [0.2, 0.25) is 0 Å². The molecule has 0 aliphatic carbocycles. The highest BCUT2D eigenvalue weighted by Crippen LogP contribution is 1.97. The number of aliphatic hydroxyl groups is 1. The van der Waals surface area contributed by atoms with Crippen LogP contribution < -0.4 is 5.73 Å². The van der Waals surface area contributed by atoms with Crippen LogP contribution in [-0.4, -0.2) is 37.3 Å². The Morgan fingerprint density at radius 3 is 2.78 bits per heavy atom. The highest BCUT2D eigenvalue weighted by molar-refractivity contribution is 4.71. The number of hydrogen-bond donors (Lipinski definition) is 2. The topological polar surface area (TPSA) is 64.7 Å². The second-order valence-electron chi connectivity index (χ2n) is 2.09. The van der Waals surface area contributed by atoms with E-state index in [9.17, 15) is 0 Å². The standard InChI is InChI=1S/C5H11NO3/c6-4-1-8-3-9-2-5(4)7/h4-5,7H,1-3,6H2/t4-,5+/m1/s1. The van der Waals surface area contributed by atoms with Crippen LogP contribution in [0.2, 0.25) is 0 Å². The summed E-state index contributed by atoms with van der Waals surface area (Å²) in [6.07, 6.45) is -0.576. The van der Waals surface area contributed by atoms with Crippen molar-refractivity contribution < 1.29 is 14.6 Å². The minimum absolute atomic E-state index is 0.241. The van der Waals surface area contributed by atoms with E-state index >= 15 is 0 Å². The fraction of sp³-hybridized carbons (Fsp3) is 1.00. The van der Waals surface area contributed by atoms with Crippen molar-refractivity contribution in [1.29, 1.82) is 0 Å². The van der Waals surface area contributed by atoms with Crippen molar-refractivity contribution in [2.75, 3.05) is 20.0 Å². The molecule has 0 aromatic heterocycles. The molecule has 1 rings (SSSR count). The van der Waals surface area contributed by atoms with E-state index in [1.165, 1.54) is 0 Å². The van der Waals surface area contributed by atoms with Gasteiger partial charge in [-0.15, -0.1) is 0 Å². The minimum Gasteiger partial charge on any atom is -0.389 e. The average molecular weight is 133 g/mol. The summed E-state index contributed by atoms with van der Waals surface area (Å²) in [6, 6.07) is -0.299. The molecule has 2 atom stereocenters. The van der Waals surface area contributed by atoms with Crippen LogP contribution in [0.5, 0.6) is 0 Å². The maximum absolute atomic E-state index is 9.03. The molecule has 0 aromatic carbocycles. The van der Waals surface area contributed by atoms with Gasteiger partial charge in [-0.2, -0.15) is 0 Å². The number of rotatable bonds is 0. The summed E-state index contributed by atoms with van der Waals surface area (Å²) in [6.45, 7) is 0.896. The predicted molar refractivity (Wildman–Crippen MR) is 30.8 cm³/mol. The smallest absolute Gasteiger partial charge is 0.146 e. The molecule has 1 saturated heterocycles. The normalized spacial score (nSPS) is 38.0. The molecule has 1 heterocycles. The number of aliphatic hydroxyl groups excluding tert-OH is 1. The summed E-state index contributed by atoms with van der Waals surface area (Å²) in [7, 11) is 0. The fourth-order valence-electron chi connectivity index (χ4n) is 0.647. The fourth-order valence-corrected chi connectivity index (χ4v) is 0.647. The Kier molecular flexibility index (Phi) is 2.41. The van der Waals surface area contributed by atoms with Gasteiger partial charge < -0.3 is 20.3 Å². The van der Waals surface area contributed by atoms with Crippen LogP contribution in [0.1, 0.15) is 0 Å². The van der Waals surface area contributed by atoms with Gasteiger partial charge in [0.1, 0.15) is 6.79 Å². The van der Waals surface area contributed by atoms with Gasteiger partial charge in [0, 0.05) is 0 Å². The molecule has 0 spiro atoms. The van der Waals surface area contributed by atoms with Crippen LogP contribution in [0, 0.1) is 0 Å². The lowest BCUT2D eigenvalue weighted by atomic mass is 10.2. The molecule has 0 radical (unpaired) electrons. The molecule has 0 bridgehead atoms. The Morgan fingerprint density at radius 1 is 1.33 bits per heavy atom. The monoisotopic (exact) mass is 133 g/mol. The van der Waals surface area contributed by atoms with Crippen molar-refractivity contribution in [1.82, 2.24) is 0 Å². The molecule has 1 aliphatic rings.